The molecule has 4 aromatic rings. The molecule has 0 fully saturated rings. The van der Waals surface area contributed by atoms with Gasteiger partial charge in [-0.15, -0.1) is 10.2 Å². The third-order valence-corrected chi connectivity index (χ3v) is 7.22. The monoisotopic (exact) mass is 565 g/mol. The third kappa shape index (κ3) is 7.46. The highest BCUT2D eigenvalue weighted by atomic mass is 32.2. The first kappa shape index (κ1) is 27.4. The molecular weight excluding hydrogens is 542 g/mol. The SMILES string of the molecule is COc1cc(/C=N/NC(=O)Cc2nnc(NC(=O)c3ccccc3)s2)ccc1OS(=O)(=O)c1ccc(C)cc1. The van der Waals surface area contributed by atoms with E-state index in [-0.39, 0.29) is 33.9 Å². The van der Waals surface area contributed by atoms with Crippen molar-refractivity contribution in [2.24, 2.45) is 5.10 Å². The minimum Gasteiger partial charge on any atom is -0.493 e. The van der Waals surface area contributed by atoms with Crippen molar-refractivity contribution in [1.82, 2.24) is 15.6 Å². The molecule has 3 aromatic carbocycles. The normalized spacial score (nSPS) is 11.2. The van der Waals surface area contributed by atoms with Crippen LogP contribution in [-0.2, 0) is 21.3 Å². The van der Waals surface area contributed by atoms with Crippen LogP contribution in [0.1, 0.15) is 26.5 Å². The maximum atomic E-state index is 12.6. The second-order valence-corrected chi connectivity index (χ2v) is 10.7. The van der Waals surface area contributed by atoms with Gasteiger partial charge < -0.3 is 8.92 Å². The number of nitrogens with one attached hydrogen (secondary N) is 2. The summed E-state index contributed by atoms with van der Waals surface area (Å²) >= 11 is 1.08. The van der Waals surface area contributed by atoms with Crippen LogP contribution in [0, 0.1) is 6.92 Å². The fourth-order valence-corrected chi connectivity index (χ4v) is 4.87. The molecule has 0 unspecified atom stereocenters. The number of amides is 2. The minimum atomic E-state index is -4.06. The molecule has 1 heterocycles. The Kier molecular flexibility index (Phi) is 8.63. The second kappa shape index (κ2) is 12.3. The fourth-order valence-electron chi connectivity index (χ4n) is 3.19. The summed E-state index contributed by atoms with van der Waals surface area (Å²) in [5.74, 6) is -0.600. The molecule has 0 bridgehead atoms. The standard InChI is InChI=1S/C26H23N5O6S2/c1-17-8-11-20(12-9-17)39(34,35)37-21-13-10-18(14-22(21)36-2)16-27-29-23(32)15-24-30-31-26(38-24)28-25(33)19-6-4-3-5-7-19/h3-14,16H,15H2,1-2H3,(H,29,32)(H,28,31,33)/b27-16+. The zero-order valence-electron chi connectivity index (χ0n) is 20.8. The van der Waals surface area contributed by atoms with E-state index in [1.165, 1.54) is 37.6 Å². The molecule has 0 aliphatic rings. The fraction of sp³-hybridized carbons (Fsp3) is 0.115. The molecule has 0 radical (unpaired) electrons. The quantitative estimate of drug-likeness (QED) is 0.168. The lowest BCUT2D eigenvalue weighted by Gasteiger charge is -2.11. The molecular formula is C26H23N5O6S2. The van der Waals surface area contributed by atoms with Gasteiger partial charge in [-0.1, -0.05) is 47.2 Å². The van der Waals surface area contributed by atoms with E-state index in [9.17, 15) is 18.0 Å². The molecule has 0 saturated heterocycles. The van der Waals surface area contributed by atoms with Crippen molar-refractivity contribution in [3.63, 3.8) is 0 Å². The largest absolute Gasteiger partial charge is 0.493 e. The Bertz CT molecular complexity index is 1600. The lowest BCUT2D eigenvalue weighted by molar-refractivity contribution is -0.120. The van der Waals surface area contributed by atoms with Crippen molar-refractivity contribution in [2.75, 3.05) is 12.4 Å². The van der Waals surface area contributed by atoms with Gasteiger partial charge in [0.2, 0.25) is 11.0 Å². The van der Waals surface area contributed by atoms with Crippen LogP contribution in [0.2, 0.25) is 0 Å². The second-order valence-electron chi connectivity index (χ2n) is 8.05. The van der Waals surface area contributed by atoms with Crippen molar-refractivity contribution in [3.05, 3.63) is 94.5 Å². The Morgan fingerprint density at radius 3 is 2.46 bits per heavy atom. The number of rotatable bonds is 10. The van der Waals surface area contributed by atoms with Crippen LogP contribution < -0.4 is 19.7 Å². The van der Waals surface area contributed by atoms with Gasteiger partial charge in [0.1, 0.15) is 9.90 Å². The summed E-state index contributed by atoms with van der Waals surface area (Å²) in [4.78, 5) is 24.5. The number of aromatic nitrogens is 2. The summed E-state index contributed by atoms with van der Waals surface area (Å²) in [6.07, 6.45) is 1.27. The molecule has 0 atom stereocenters. The van der Waals surface area contributed by atoms with Gasteiger partial charge in [0.15, 0.2) is 11.5 Å². The molecule has 11 nitrogen and oxygen atoms in total. The van der Waals surface area contributed by atoms with Gasteiger partial charge in [0.25, 0.3) is 5.91 Å². The highest BCUT2D eigenvalue weighted by Gasteiger charge is 2.19. The summed E-state index contributed by atoms with van der Waals surface area (Å²) in [5, 5.41) is 15.0. The maximum Gasteiger partial charge on any atom is 0.339 e. The van der Waals surface area contributed by atoms with Crippen LogP contribution >= 0.6 is 11.3 Å². The topological polar surface area (TPSA) is 149 Å². The number of hydrogen-bond donors (Lipinski definition) is 2. The van der Waals surface area contributed by atoms with E-state index in [4.69, 9.17) is 8.92 Å². The van der Waals surface area contributed by atoms with Crippen molar-refractivity contribution >= 4 is 44.6 Å². The van der Waals surface area contributed by atoms with E-state index < -0.39 is 16.0 Å². The summed E-state index contributed by atoms with van der Waals surface area (Å²) in [7, 11) is -2.68. The first-order valence-corrected chi connectivity index (χ1v) is 13.7. The molecule has 39 heavy (non-hydrogen) atoms. The molecule has 0 aliphatic heterocycles. The molecule has 0 spiro atoms. The highest BCUT2D eigenvalue weighted by molar-refractivity contribution is 7.87. The summed E-state index contributed by atoms with van der Waals surface area (Å²) < 4.78 is 35.7. The van der Waals surface area contributed by atoms with E-state index in [1.54, 1.807) is 48.5 Å². The lowest BCUT2D eigenvalue weighted by Crippen LogP contribution is -2.19. The zero-order chi connectivity index (χ0) is 27.8. The van der Waals surface area contributed by atoms with Gasteiger partial charge in [-0.05, 0) is 55.0 Å². The van der Waals surface area contributed by atoms with Crippen LogP contribution in [-0.4, -0.2) is 43.8 Å². The van der Waals surface area contributed by atoms with Gasteiger partial charge in [0, 0.05) is 5.56 Å². The van der Waals surface area contributed by atoms with Crippen molar-refractivity contribution in [1.29, 1.82) is 0 Å². The zero-order valence-corrected chi connectivity index (χ0v) is 22.5. The van der Waals surface area contributed by atoms with E-state index in [2.05, 4.69) is 26.0 Å². The Morgan fingerprint density at radius 2 is 1.74 bits per heavy atom. The Labute approximate surface area is 228 Å². The summed E-state index contributed by atoms with van der Waals surface area (Å²) in [6.45, 7) is 1.85. The number of benzene rings is 3. The maximum absolute atomic E-state index is 12.6. The predicted octanol–water partition coefficient (Wildman–Crippen LogP) is 3.57. The molecule has 2 amide bonds. The molecule has 0 aliphatic carbocycles. The molecule has 2 N–H and O–H groups in total. The first-order chi connectivity index (χ1) is 18.7. The molecule has 0 saturated carbocycles. The Hall–Kier alpha value is -4.62. The number of hydrogen-bond acceptors (Lipinski definition) is 10. The van der Waals surface area contributed by atoms with Crippen LogP contribution in [0.15, 0.2) is 82.8 Å². The van der Waals surface area contributed by atoms with Crippen LogP contribution in [0.5, 0.6) is 11.5 Å². The molecule has 13 heteroatoms. The van der Waals surface area contributed by atoms with Gasteiger partial charge in [-0.2, -0.15) is 13.5 Å². The number of carbonyl (C=O) groups is 2. The van der Waals surface area contributed by atoms with E-state index in [0.717, 1.165) is 16.9 Å². The average Bonchev–Trinajstić information content (AvgIpc) is 3.36. The smallest absolute Gasteiger partial charge is 0.339 e. The summed E-state index contributed by atoms with van der Waals surface area (Å²) in [6, 6.07) is 19.4. The minimum absolute atomic E-state index is 0.00527. The predicted molar refractivity (Wildman–Crippen MR) is 146 cm³/mol. The van der Waals surface area contributed by atoms with Crippen molar-refractivity contribution < 1.29 is 26.9 Å². The number of hydrazone groups is 1. The van der Waals surface area contributed by atoms with Gasteiger partial charge in [0.05, 0.1) is 19.7 Å². The van der Waals surface area contributed by atoms with E-state index in [0.29, 0.717) is 16.1 Å². The average molecular weight is 566 g/mol. The Balaban J connectivity index is 1.32. The number of aryl methyl sites for hydroxylation is 1. The van der Waals surface area contributed by atoms with Crippen LogP contribution in [0.3, 0.4) is 0 Å². The number of carbonyl (C=O) groups excluding carboxylic acids is 2. The number of anilines is 1. The van der Waals surface area contributed by atoms with Crippen LogP contribution in [0.25, 0.3) is 0 Å². The first-order valence-electron chi connectivity index (χ1n) is 11.4. The van der Waals surface area contributed by atoms with E-state index >= 15 is 0 Å². The third-order valence-electron chi connectivity index (χ3n) is 5.13. The highest BCUT2D eigenvalue weighted by Crippen LogP contribution is 2.30. The van der Waals surface area contributed by atoms with Crippen LogP contribution in [0.4, 0.5) is 5.13 Å². The molecule has 200 valence electrons. The van der Waals surface area contributed by atoms with E-state index in [1.807, 2.05) is 6.92 Å². The molecule has 4 rings (SSSR count). The lowest BCUT2D eigenvalue weighted by atomic mass is 10.2. The van der Waals surface area contributed by atoms with Gasteiger partial charge in [-0.3, -0.25) is 14.9 Å². The van der Waals surface area contributed by atoms with Crippen molar-refractivity contribution in [2.45, 2.75) is 18.2 Å². The molecule has 1 aromatic heterocycles. The number of nitrogens with zero attached hydrogens (tertiary/aromatic N) is 3. The van der Waals surface area contributed by atoms with Gasteiger partial charge >= 0.3 is 10.1 Å². The number of ether oxygens (including phenoxy) is 1. The van der Waals surface area contributed by atoms with Crippen molar-refractivity contribution in [3.8, 4) is 11.5 Å². The number of methoxy groups -OCH3 is 1. The summed E-state index contributed by atoms with van der Waals surface area (Å²) in [5.41, 5.74) is 4.30. The Morgan fingerprint density at radius 1 is 1.00 bits per heavy atom. The van der Waals surface area contributed by atoms with Gasteiger partial charge in [-0.25, -0.2) is 5.43 Å².